The first-order chi connectivity index (χ1) is 9.00. The van der Waals surface area contributed by atoms with Gasteiger partial charge in [0, 0.05) is 24.9 Å². The number of amides is 1. The molecule has 1 heterocycles. The molecule has 0 unspecified atom stereocenters. The van der Waals surface area contributed by atoms with Crippen molar-refractivity contribution in [3.63, 3.8) is 0 Å². The van der Waals surface area contributed by atoms with Crippen LogP contribution in [-0.2, 0) is 4.79 Å². The number of likely N-dealkylation sites (tertiary alicyclic amines) is 1. The lowest BCUT2D eigenvalue weighted by atomic mass is 9.99. The molecule has 2 rings (SSSR count). The Morgan fingerprint density at radius 1 is 1.21 bits per heavy atom. The van der Waals surface area contributed by atoms with Crippen molar-refractivity contribution in [2.75, 3.05) is 20.6 Å². The third-order valence-electron chi connectivity index (χ3n) is 4.43. The lowest BCUT2D eigenvalue weighted by molar-refractivity contribution is -0.129. The Labute approximate surface area is 116 Å². The second-order valence-electron chi connectivity index (χ2n) is 5.80. The Morgan fingerprint density at radius 3 is 2.42 bits per heavy atom. The first-order valence-corrected chi connectivity index (χ1v) is 7.01. The second-order valence-corrected chi connectivity index (χ2v) is 5.80. The third-order valence-corrected chi connectivity index (χ3v) is 4.43. The van der Waals surface area contributed by atoms with Crippen LogP contribution < -0.4 is 0 Å². The van der Waals surface area contributed by atoms with Gasteiger partial charge in [0.1, 0.15) is 0 Å². The number of carbonyl (C=O) groups excluding carboxylic acids is 1. The van der Waals surface area contributed by atoms with Gasteiger partial charge in [-0.15, -0.1) is 0 Å². The van der Waals surface area contributed by atoms with Crippen molar-refractivity contribution in [2.45, 2.75) is 32.4 Å². The molecule has 1 aliphatic rings. The van der Waals surface area contributed by atoms with Crippen LogP contribution in [0.1, 0.15) is 31.9 Å². The molecule has 0 bridgehead atoms. The molecule has 3 heteroatoms. The summed E-state index contributed by atoms with van der Waals surface area (Å²) < 4.78 is 0. The van der Waals surface area contributed by atoms with Crippen LogP contribution in [0.4, 0.5) is 0 Å². The Morgan fingerprint density at radius 2 is 1.84 bits per heavy atom. The molecule has 1 fully saturated rings. The average molecular weight is 260 g/mol. The van der Waals surface area contributed by atoms with Crippen molar-refractivity contribution in [1.29, 1.82) is 0 Å². The maximum absolute atomic E-state index is 12.2. The highest BCUT2D eigenvalue weighted by atomic mass is 16.2. The molecule has 0 aromatic heterocycles. The Kier molecular flexibility index (Phi) is 4.25. The quantitative estimate of drug-likeness (QED) is 0.830. The summed E-state index contributed by atoms with van der Waals surface area (Å²) in [6, 6.07) is 10.9. The fourth-order valence-corrected chi connectivity index (χ4v) is 2.79. The number of carbonyl (C=O) groups is 1. The van der Waals surface area contributed by atoms with Crippen LogP contribution in [0.3, 0.4) is 0 Å². The van der Waals surface area contributed by atoms with Gasteiger partial charge in [0.2, 0.25) is 5.91 Å². The van der Waals surface area contributed by atoms with Gasteiger partial charge in [-0.3, -0.25) is 4.79 Å². The van der Waals surface area contributed by atoms with E-state index in [2.05, 4.69) is 45.0 Å². The molecule has 1 saturated heterocycles. The molecule has 3 atom stereocenters. The van der Waals surface area contributed by atoms with Crippen LogP contribution in [0.5, 0.6) is 0 Å². The van der Waals surface area contributed by atoms with E-state index in [1.54, 1.807) is 0 Å². The van der Waals surface area contributed by atoms with E-state index in [0.717, 1.165) is 6.54 Å². The predicted molar refractivity (Wildman–Crippen MR) is 77.8 cm³/mol. The lowest BCUT2D eigenvalue weighted by Gasteiger charge is -2.28. The number of hydrogen-bond acceptors (Lipinski definition) is 2. The highest BCUT2D eigenvalue weighted by Gasteiger charge is 2.36. The zero-order valence-electron chi connectivity index (χ0n) is 12.3. The van der Waals surface area contributed by atoms with Crippen LogP contribution in [0.25, 0.3) is 0 Å². The van der Waals surface area contributed by atoms with Crippen LogP contribution in [-0.4, -0.2) is 42.4 Å². The third kappa shape index (κ3) is 2.98. The van der Waals surface area contributed by atoms with Gasteiger partial charge in [0.15, 0.2) is 0 Å². The van der Waals surface area contributed by atoms with E-state index in [1.165, 1.54) is 5.56 Å². The van der Waals surface area contributed by atoms with Gasteiger partial charge in [0.25, 0.3) is 0 Å². The average Bonchev–Trinajstić information content (AvgIpc) is 2.80. The Bertz CT molecular complexity index is 430. The summed E-state index contributed by atoms with van der Waals surface area (Å²) in [6.45, 7) is 5.19. The van der Waals surface area contributed by atoms with Gasteiger partial charge in [0.05, 0.1) is 6.04 Å². The van der Waals surface area contributed by atoms with Crippen LogP contribution in [0.15, 0.2) is 30.3 Å². The first kappa shape index (κ1) is 14.1. The molecule has 0 N–H and O–H groups in total. The largest absolute Gasteiger partial charge is 0.336 e. The van der Waals surface area contributed by atoms with Crippen molar-refractivity contribution < 1.29 is 4.79 Å². The molecular weight excluding hydrogens is 236 g/mol. The van der Waals surface area contributed by atoms with Crippen LogP contribution >= 0.6 is 0 Å². The van der Waals surface area contributed by atoms with E-state index in [1.807, 2.05) is 23.1 Å². The maximum atomic E-state index is 12.2. The number of benzene rings is 1. The highest BCUT2D eigenvalue weighted by molar-refractivity contribution is 5.79. The minimum absolute atomic E-state index is 0.174. The molecule has 19 heavy (non-hydrogen) atoms. The van der Waals surface area contributed by atoms with Crippen molar-refractivity contribution in [3.05, 3.63) is 35.9 Å². The molecular formula is C16H24N2O. The molecule has 3 nitrogen and oxygen atoms in total. The van der Waals surface area contributed by atoms with Crippen molar-refractivity contribution in [1.82, 2.24) is 9.80 Å². The monoisotopic (exact) mass is 260 g/mol. The topological polar surface area (TPSA) is 23.6 Å². The Balaban J connectivity index is 2.08. The summed E-state index contributed by atoms with van der Waals surface area (Å²) in [5, 5.41) is 0. The van der Waals surface area contributed by atoms with E-state index in [4.69, 9.17) is 0 Å². The van der Waals surface area contributed by atoms with Crippen molar-refractivity contribution in [3.8, 4) is 0 Å². The summed E-state index contributed by atoms with van der Waals surface area (Å²) in [5.74, 6) is 0.726. The van der Waals surface area contributed by atoms with Crippen molar-refractivity contribution >= 4 is 5.91 Å². The summed E-state index contributed by atoms with van der Waals surface area (Å²) in [5.41, 5.74) is 1.22. The molecule has 1 aromatic carbocycles. The number of nitrogens with zero attached hydrogens (tertiary/aromatic N) is 2. The lowest BCUT2D eigenvalue weighted by Crippen LogP contribution is -2.35. The normalized spacial score (nSPS) is 22.9. The van der Waals surface area contributed by atoms with Gasteiger partial charge in [-0.25, -0.2) is 0 Å². The second kappa shape index (κ2) is 5.74. The minimum atomic E-state index is 0.174. The van der Waals surface area contributed by atoms with Gasteiger partial charge in [-0.1, -0.05) is 30.3 Å². The van der Waals surface area contributed by atoms with E-state index < -0.39 is 0 Å². The van der Waals surface area contributed by atoms with Gasteiger partial charge in [-0.2, -0.15) is 0 Å². The molecule has 1 aromatic rings. The molecule has 0 spiro atoms. The predicted octanol–water partition coefficient (Wildman–Crippen LogP) is 2.55. The standard InChI is InChI=1S/C16H24N2O/c1-12(17(3)4)15-10-16(19)18(11-15)13(2)14-8-6-5-7-9-14/h5-9,12-13,15H,10-11H2,1-4H3/t12-,13+,15+/m1/s1. The molecule has 0 aliphatic carbocycles. The molecule has 1 amide bonds. The zero-order valence-corrected chi connectivity index (χ0v) is 12.3. The summed E-state index contributed by atoms with van der Waals surface area (Å²) in [6.07, 6.45) is 0.677. The van der Waals surface area contributed by atoms with Gasteiger partial charge < -0.3 is 9.80 Å². The molecule has 0 saturated carbocycles. The molecule has 0 radical (unpaired) electrons. The van der Waals surface area contributed by atoms with Crippen molar-refractivity contribution in [2.24, 2.45) is 5.92 Å². The van der Waals surface area contributed by atoms with Crippen LogP contribution in [0, 0.1) is 5.92 Å². The van der Waals surface area contributed by atoms with Gasteiger partial charge in [-0.05, 0) is 33.5 Å². The van der Waals surface area contributed by atoms with E-state index in [9.17, 15) is 4.79 Å². The van der Waals surface area contributed by atoms with Gasteiger partial charge >= 0.3 is 0 Å². The number of hydrogen-bond donors (Lipinski definition) is 0. The maximum Gasteiger partial charge on any atom is 0.223 e. The Hall–Kier alpha value is -1.35. The fourth-order valence-electron chi connectivity index (χ4n) is 2.79. The minimum Gasteiger partial charge on any atom is -0.336 e. The molecule has 1 aliphatic heterocycles. The summed E-state index contributed by atoms with van der Waals surface area (Å²) in [4.78, 5) is 16.5. The van der Waals surface area contributed by atoms with E-state index in [-0.39, 0.29) is 11.9 Å². The molecule has 104 valence electrons. The summed E-state index contributed by atoms with van der Waals surface area (Å²) >= 11 is 0. The van der Waals surface area contributed by atoms with E-state index in [0.29, 0.717) is 18.4 Å². The van der Waals surface area contributed by atoms with E-state index >= 15 is 0 Å². The first-order valence-electron chi connectivity index (χ1n) is 7.01. The zero-order chi connectivity index (χ0) is 14.0. The summed E-state index contributed by atoms with van der Waals surface area (Å²) in [7, 11) is 4.16. The fraction of sp³-hybridized carbons (Fsp3) is 0.562. The highest BCUT2D eigenvalue weighted by Crippen LogP contribution is 2.30. The smallest absolute Gasteiger partial charge is 0.223 e. The number of rotatable bonds is 4. The SMILES string of the molecule is C[C@H]([C@H]1CC(=O)N([C@@H](C)c2ccccc2)C1)N(C)C. The van der Waals surface area contributed by atoms with Crippen LogP contribution in [0.2, 0.25) is 0 Å².